The van der Waals surface area contributed by atoms with Crippen molar-refractivity contribution in [2.45, 2.75) is 31.8 Å². The molecule has 8 heteroatoms. The summed E-state index contributed by atoms with van der Waals surface area (Å²) in [6.45, 7) is 1.65. The number of rotatable bonds is 7. The number of hydrogen-bond acceptors (Lipinski definition) is 7. The Hall–Kier alpha value is -4.38. The van der Waals surface area contributed by atoms with Gasteiger partial charge < -0.3 is 20.7 Å². The number of carbonyl (C=O) groups excluding carboxylic acids is 1. The van der Waals surface area contributed by atoms with E-state index >= 15 is 0 Å². The summed E-state index contributed by atoms with van der Waals surface area (Å²) >= 11 is 0. The first-order valence-corrected chi connectivity index (χ1v) is 10.9. The average Bonchev–Trinajstić information content (AvgIpc) is 2.82. The van der Waals surface area contributed by atoms with E-state index < -0.39 is 0 Å². The summed E-state index contributed by atoms with van der Waals surface area (Å²) in [7, 11) is 1.77. The third-order valence-corrected chi connectivity index (χ3v) is 5.80. The fraction of sp³-hybridized carbons (Fsp3) is 0.231. The van der Waals surface area contributed by atoms with Gasteiger partial charge >= 0.3 is 0 Å². The number of ether oxygens (including phenoxy) is 1. The van der Waals surface area contributed by atoms with Crippen molar-refractivity contribution in [3.05, 3.63) is 72.1 Å². The summed E-state index contributed by atoms with van der Waals surface area (Å²) in [5.74, 6) is 7.18. The molecule has 4 rings (SSSR count). The number of nitrogens with two attached hydrogens (primary N) is 1. The number of hydrogen-bond donors (Lipinski definition) is 3. The monoisotopic (exact) mass is 454 g/mol. The number of amides is 1. The minimum absolute atomic E-state index is 0.109. The molecule has 1 aliphatic carbocycles. The van der Waals surface area contributed by atoms with Gasteiger partial charge in [0.05, 0.1) is 11.3 Å². The van der Waals surface area contributed by atoms with Crippen LogP contribution in [-0.2, 0) is 4.79 Å². The van der Waals surface area contributed by atoms with E-state index in [2.05, 4.69) is 27.1 Å². The van der Waals surface area contributed by atoms with E-state index in [1.807, 2.05) is 54.6 Å². The van der Waals surface area contributed by atoms with Crippen LogP contribution in [0.1, 0.15) is 30.9 Å². The third-order valence-electron chi connectivity index (χ3n) is 5.80. The number of carbonyl (C=O) groups is 1. The lowest BCUT2D eigenvalue weighted by molar-refractivity contribution is -0.127. The molecule has 0 aliphatic heterocycles. The van der Waals surface area contributed by atoms with E-state index in [9.17, 15) is 4.79 Å². The predicted octanol–water partition coefficient (Wildman–Crippen LogP) is 3.69. The lowest BCUT2D eigenvalue weighted by Gasteiger charge is -2.41. The van der Waals surface area contributed by atoms with Gasteiger partial charge in [0.2, 0.25) is 0 Å². The topological polar surface area (TPSA) is 117 Å². The Morgan fingerprint density at radius 1 is 1.12 bits per heavy atom. The summed E-state index contributed by atoms with van der Waals surface area (Å²) in [5, 5.41) is 12.1. The molecule has 172 valence electrons. The van der Waals surface area contributed by atoms with Crippen LogP contribution in [0.3, 0.4) is 0 Å². The third kappa shape index (κ3) is 4.99. The van der Waals surface area contributed by atoms with Gasteiger partial charge in [0.15, 0.2) is 0 Å². The van der Waals surface area contributed by atoms with E-state index in [0.717, 1.165) is 18.6 Å². The van der Waals surface area contributed by atoms with Crippen LogP contribution in [0, 0.1) is 17.3 Å². The normalized spacial score (nSPS) is 16.4. The van der Waals surface area contributed by atoms with E-state index in [-0.39, 0.29) is 29.5 Å². The van der Waals surface area contributed by atoms with E-state index in [4.69, 9.17) is 15.9 Å². The quantitative estimate of drug-likeness (QED) is 0.370. The summed E-state index contributed by atoms with van der Waals surface area (Å²) < 4.78 is 5.83. The van der Waals surface area contributed by atoms with Crippen LogP contribution in [0.25, 0.3) is 0 Å². The molecule has 0 bridgehead atoms. The van der Waals surface area contributed by atoms with Crippen molar-refractivity contribution in [3.63, 3.8) is 0 Å². The second-order valence-corrected chi connectivity index (χ2v) is 8.05. The molecule has 0 spiro atoms. The standard InChI is InChI=1S/C26H26N6O2/c1-3-7-22(33)32(2)19-14-18(15-19)31-26-23(25(28)29-16-30-26)24(27)17-10-12-21(13-11-17)34-20-8-5-4-6-9-20/h4-6,8-13,16,18-19,27H,14-15H2,1-2H3,(H3,28,29,30,31). The van der Waals surface area contributed by atoms with Crippen LogP contribution in [0.4, 0.5) is 11.6 Å². The van der Waals surface area contributed by atoms with Gasteiger partial charge in [-0.2, -0.15) is 0 Å². The van der Waals surface area contributed by atoms with Gasteiger partial charge in [-0.1, -0.05) is 24.1 Å². The molecule has 1 heterocycles. The molecule has 1 aliphatic rings. The molecular formula is C26H26N6O2. The lowest BCUT2D eigenvalue weighted by Crippen LogP contribution is -2.50. The summed E-state index contributed by atoms with van der Waals surface area (Å²) in [6, 6.07) is 17.0. The maximum absolute atomic E-state index is 12.0. The number of anilines is 2. The number of benzene rings is 2. The van der Waals surface area contributed by atoms with Crippen LogP contribution in [0.5, 0.6) is 11.5 Å². The van der Waals surface area contributed by atoms with Crippen LogP contribution in [0.15, 0.2) is 60.9 Å². The van der Waals surface area contributed by atoms with Gasteiger partial charge in [-0.3, -0.25) is 10.2 Å². The molecule has 8 nitrogen and oxygen atoms in total. The minimum atomic E-state index is -0.181. The van der Waals surface area contributed by atoms with Gasteiger partial charge in [0, 0.05) is 24.7 Å². The zero-order valence-electron chi connectivity index (χ0n) is 19.1. The molecule has 4 N–H and O–H groups in total. The summed E-state index contributed by atoms with van der Waals surface area (Å²) in [4.78, 5) is 22.1. The number of nitrogens with zero attached hydrogens (tertiary/aromatic N) is 3. The van der Waals surface area contributed by atoms with Crippen molar-refractivity contribution in [2.75, 3.05) is 18.1 Å². The number of para-hydroxylation sites is 1. The molecule has 1 aromatic heterocycles. The lowest BCUT2D eigenvalue weighted by atomic mass is 9.85. The second-order valence-electron chi connectivity index (χ2n) is 8.05. The maximum atomic E-state index is 12.0. The maximum Gasteiger partial charge on any atom is 0.298 e. The number of aromatic nitrogens is 2. The van der Waals surface area contributed by atoms with Crippen molar-refractivity contribution in [3.8, 4) is 23.3 Å². The SMILES string of the molecule is CC#CC(=O)N(C)C1CC(Nc2ncnc(N)c2C(=N)c2ccc(Oc3ccccc3)cc2)C1. The smallest absolute Gasteiger partial charge is 0.298 e. The van der Waals surface area contributed by atoms with E-state index in [1.54, 1.807) is 18.9 Å². The molecule has 1 fully saturated rings. The molecule has 2 aromatic carbocycles. The first kappa shape index (κ1) is 22.8. The van der Waals surface area contributed by atoms with Crippen molar-refractivity contribution < 1.29 is 9.53 Å². The number of nitrogen functional groups attached to an aromatic ring is 1. The zero-order valence-corrected chi connectivity index (χ0v) is 19.1. The summed E-state index contributed by atoms with van der Waals surface area (Å²) in [6.07, 6.45) is 2.90. The largest absolute Gasteiger partial charge is 0.457 e. The van der Waals surface area contributed by atoms with Crippen LogP contribution in [-0.4, -0.2) is 45.6 Å². The van der Waals surface area contributed by atoms with E-state index in [1.165, 1.54) is 6.33 Å². The van der Waals surface area contributed by atoms with Gasteiger partial charge in [-0.15, -0.1) is 0 Å². The highest BCUT2D eigenvalue weighted by molar-refractivity contribution is 6.16. The average molecular weight is 455 g/mol. The molecule has 3 aromatic rings. The Kier molecular flexibility index (Phi) is 6.74. The molecule has 1 saturated carbocycles. The number of nitrogens with one attached hydrogen (secondary N) is 2. The Balaban J connectivity index is 1.45. The van der Waals surface area contributed by atoms with Crippen molar-refractivity contribution in [1.82, 2.24) is 14.9 Å². The van der Waals surface area contributed by atoms with Gasteiger partial charge in [0.25, 0.3) is 5.91 Å². The molecule has 1 amide bonds. The molecule has 0 unspecified atom stereocenters. The highest BCUT2D eigenvalue weighted by atomic mass is 16.5. The fourth-order valence-electron chi connectivity index (χ4n) is 3.79. The molecule has 34 heavy (non-hydrogen) atoms. The predicted molar refractivity (Wildman–Crippen MR) is 132 cm³/mol. The van der Waals surface area contributed by atoms with Gasteiger partial charge in [-0.05, 0) is 62.1 Å². The van der Waals surface area contributed by atoms with Crippen molar-refractivity contribution in [2.24, 2.45) is 0 Å². The molecule has 0 radical (unpaired) electrons. The van der Waals surface area contributed by atoms with Crippen LogP contribution in [0.2, 0.25) is 0 Å². The Labute approximate surface area is 198 Å². The van der Waals surface area contributed by atoms with E-state index in [0.29, 0.717) is 22.7 Å². The Morgan fingerprint density at radius 3 is 2.47 bits per heavy atom. The van der Waals surface area contributed by atoms with Crippen LogP contribution >= 0.6 is 0 Å². The van der Waals surface area contributed by atoms with Gasteiger partial charge in [0.1, 0.15) is 29.5 Å². The molecular weight excluding hydrogens is 428 g/mol. The second kappa shape index (κ2) is 10.0. The first-order valence-electron chi connectivity index (χ1n) is 10.9. The minimum Gasteiger partial charge on any atom is -0.457 e. The Bertz CT molecular complexity index is 1240. The highest BCUT2D eigenvalue weighted by Gasteiger charge is 2.34. The zero-order chi connectivity index (χ0) is 24.1. The van der Waals surface area contributed by atoms with Crippen molar-refractivity contribution in [1.29, 1.82) is 5.41 Å². The Morgan fingerprint density at radius 2 is 1.79 bits per heavy atom. The first-order chi connectivity index (χ1) is 16.5. The molecule has 0 atom stereocenters. The molecule has 0 saturated heterocycles. The van der Waals surface area contributed by atoms with Gasteiger partial charge in [-0.25, -0.2) is 9.97 Å². The fourth-order valence-corrected chi connectivity index (χ4v) is 3.79. The summed E-state index contributed by atoms with van der Waals surface area (Å²) in [5.41, 5.74) is 7.48. The van der Waals surface area contributed by atoms with Crippen LogP contribution < -0.4 is 15.8 Å². The van der Waals surface area contributed by atoms with Crippen molar-refractivity contribution >= 4 is 23.3 Å². The highest BCUT2D eigenvalue weighted by Crippen LogP contribution is 2.30.